The number of urea groups is 1. The highest BCUT2D eigenvalue weighted by Crippen LogP contribution is 2.26. The van der Waals surface area contributed by atoms with E-state index < -0.39 is 0 Å². The number of nitrogens with two attached hydrogens (primary N) is 1. The first-order valence-electron chi connectivity index (χ1n) is 8.63. The van der Waals surface area contributed by atoms with Gasteiger partial charge in [0, 0.05) is 17.0 Å². The second-order valence-electron chi connectivity index (χ2n) is 6.17. The standard InChI is InChI=1S/C18H23N5OS/c19-16(22-17(24)20-14-10-6-1-2-7-11-14)23-18-21-15(12-25-18)13-8-4-3-5-9-13/h3-5,8-9,12,14H,1-2,6-7,10-11H2,(H4,19,20,21,22,23,24). The molecule has 0 atom stereocenters. The van der Waals surface area contributed by atoms with Gasteiger partial charge in [0.15, 0.2) is 0 Å². The fourth-order valence-corrected chi connectivity index (χ4v) is 3.66. The van der Waals surface area contributed by atoms with Crippen molar-refractivity contribution >= 4 is 28.5 Å². The minimum atomic E-state index is -0.298. The number of nitrogens with zero attached hydrogens (tertiary/aromatic N) is 2. The van der Waals surface area contributed by atoms with Gasteiger partial charge in [-0.2, -0.15) is 4.99 Å². The smallest absolute Gasteiger partial charge is 0.321 e. The van der Waals surface area contributed by atoms with Crippen molar-refractivity contribution in [3.8, 4) is 11.3 Å². The molecule has 0 aliphatic heterocycles. The highest BCUT2D eigenvalue weighted by Gasteiger charge is 2.15. The van der Waals surface area contributed by atoms with Gasteiger partial charge in [0.2, 0.25) is 11.1 Å². The van der Waals surface area contributed by atoms with Crippen LogP contribution in [0.5, 0.6) is 0 Å². The number of nitrogens with one attached hydrogen (secondary N) is 2. The minimum absolute atomic E-state index is 0.0556. The Bertz CT molecular complexity index is 720. The molecule has 1 saturated carbocycles. The van der Waals surface area contributed by atoms with E-state index in [0.29, 0.717) is 5.13 Å². The summed E-state index contributed by atoms with van der Waals surface area (Å²) in [4.78, 5) is 20.7. The van der Waals surface area contributed by atoms with E-state index >= 15 is 0 Å². The molecule has 0 spiro atoms. The Balaban J connectivity index is 1.56. The van der Waals surface area contributed by atoms with E-state index in [1.54, 1.807) is 0 Å². The SMILES string of the molecule is N/C(=N\c1nc(-c2ccccc2)cs1)NC(=O)NC1CCCCCC1. The maximum atomic E-state index is 12.1. The Kier molecular flexibility index (Phi) is 6.00. The summed E-state index contributed by atoms with van der Waals surface area (Å²) in [6.07, 6.45) is 6.87. The molecule has 6 nitrogen and oxygen atoms in total. The predicted molar refractivity (Wildman–Crippen MR) is 102 cm³/mol. The van der Waals surface area contributed by atoms with Gasteiger partial charge in [-0.3, -0.25) is 5.32 Å². The fourth-order valence-electron chi connectivity index (χ4n) is 2.95. The first-order chi connectivity index (χ1) is 12.2. The largest absolute Gasteiger partial charge is 0.369 e. The molecule has 1 heterocycles. The van der Waals surface area contributed by atoms with Crippen molar-refractivity contribution in [2.24, 2.45) is 10.7 Å². The molecule has 2 amide bonds. The molecule has 0 bridgehead atoms. The van der Waals surface area contributed by atoms with Crippen molar-refractivity contribution in [1.82, 2.24) is 15.6 Å². The topological polar surface area (TPSA) is 92.4 Å². The predicted octanol–water partition coefficient (Wildman–Crippen LogP) is 3.78. The summed E-state index contributed by atoms with van der Waals surface area (Å²) in [7, 11) is 0. The molecule has 7 heteroatoms. The van der Waals surface area contributed by atoms with Gasteiger partial charge in [-0.05, 0) is 12.8 Å². The minimum Gasteiger partial charge on any atom is -0.369 e. The quantitative estimate of drug-likeness (QED) is 0.443. The molecule has 132 valence electrons. The Hall–Kier alpha value is -2.41. The summed E-state index contributed by atoms with van der Waals surface area (Å²) in [6, 6.07) is 9.79. The van der Waals surface area contributed by atoms with Gasteiger partial charge in [-0.25, -0.2) is 9.78 Å². The van der Waals surface area contributed by atoms with Crippen LogP contribution in [-0.2, 0) is 0 Å². The average molecular weight is 357 g/mol. The molecule has 0 radical (unpaired) electrons. The molecule has 1 aliphatic rings. The van der Waals surface area contributed by atoms with Crippen molar-refractivity contribution in [3.63, 3.8) is 0 Å². The van der Waals surface area contributed by atoms with E-state index in [9.17, 15) is 4.79 Å². The third-order valence-corrected chi connectivity index (χ3v) is 4.94. The Labute approximate surface area is 151 Å². The second-order valence-corrected chi connectivity index (χ2v) is 7.00. The number of carbonyl (C=O) groups is 1. The van der Waals surface area contributed by atoms with Crippen LogP contribution >= 0.6 is 11.3 Å². The van der Waals surface area contributed by atoms with Crippen LogP contribution in [0.15, 0.2) is 40.7 Å². The molecular weight excluding hydrogens is 334 g/mol. The monoisotopic (exact) mass is 357 g/mol. The van der Waals surface area contributed by atoms with Crippen LogP contribution in [-0.4, -0.2) is 23.0 Å². The molecular formula is C18H23N5OS. The number of thiazole rings is 1. The Morgan fingerprint density at radius 2 is 1.88 bits per heavy atom. The zero-order valence-corrected chi connectivity index (χ0v) is 14.9. The number of amides is 2. The molecule has 1 aromatic heterocycles. The van der Waals surface area contributed by atoms with Gasteiger partial charge in [0.1, 0.15) is 0 Å². The molecule has 1 aliphatic carbocycles. The number of carbonyl (C=O) groups excluding carboxylic acids is 1. The second kappa shape index (κ2) is 8.62. The van der Waals surface area contributed by atoms with Crippen molar-refractivity contribution in [3.05, 3.63) is 35.7 Å². The lowest BCUT2D eigenvalue weighted by atomic mass is 10.1. The molecule has 4 N–H and O–H groups in total. The summed E-state index contributed by atoms with van der Waals surface area (Å²) in [6.45, 7) is 0. The van der Waals surface area contributed by atoms with E-state index in [1.165, 1.54) is 24.2 Å². The number of hydrogen-bond acceptors (Lipinski definition) is 4. The summed E-state index contributed by atoms with van der Waals surface area (Å²) < 4.78 is 0. The third-order valence-electron chi connectivity index (χ3n) is 4.21. The van der Waals surface area contributed by atoms with Crippen molar-refractivity contribution in [2.45, 2.75) is 44.6 Å². The van der Waals surface area contributed by atoms with Crippen molar-refractivity contribution in [1.29, 1.82) is 0 Å². The maximum absolute atomic E-state index is 12.1. The Morgan fingerprint density at radius 1 is 1.16 bits per heavy atom. The number of guanidine groups is 1. The van der Waals surface area contributed by atoms with E-state index in [-0.39, 0.29) is 18.0 Å². The third kappa shape index (κ3) is 5.29. The lowest BCUT2D eigenvalue weighted by Crippen LogP contribution is -2.46. The first kappa shape index (κ1) is 17.4. The summed E-state index contributed by atoms with van der Waals surface area (Å²) in [5.41, 5.74) is 7.71. The van der Waals surface area contributed by atoms with Crippen molar-refractivity contribution < 1.29 is 4.79 Å². The summed E-state index contributed by atoms with van der Waals surface area (Å²) >= 11 is 1.39. The van der Waals surface area contributed by atoms with E-state index in [1.807, 2.05) is 35.7 Å². The molecule has 0 saturated heterocycles. The lowest BCUT2D eigenvalue weighted by Gasteiger charge is -2.16. The van der Waals surface area contributed by atoms with Gasteiger partial charge in [-0.1, -0.05) is 56.0 Å². The highest BCUT2D eigenvalue weighted by molar-refractivity contribution is 7.13. The van der Waals surface area contributed by atoms with Crippen LogP contribution in [0.2, 0.25) is 0 Å². The highest BCUT2D eigenvalue weighted by atomic mass is 32.1. The number of benzene rings is 1. The zero-order chi connectivity index (χ0) is 17.5. The molecule has 1 aromatic carbocycles. The Morgan fingerprint density at radius 3 is 2.60 bits per heavy atom. The van der Waals surface area contributed by atoms with Gasteiger partial charge in [-0.15, -0.1) is 11.3 Å². The molecule has 25 heavy (non-hydrogen) atoms. The molecule has 1 fully saturated rings. The number of aromatic nitrogens is 1. The van der Waals surface area contributed by atoms with Crippen LogP contribution in [0, 0.1) is 0 Å². The van der Waals surface area contributed by atoms with Crippen molar-refractivity contribution in [2.75, 3.05) is 0 Å². The summed E-state index contributed by atoms with van der Waals surface area (Å²) in [5, 5.41) is 8.01. The van der Waals surface area contributed by atoms with Crippen LogP contribution in [0.3, 0.4) is 0 Å². The van der Waals surface area contributed by atoms with Crippen LogP contribution in [0.1, 0.15) is 38.5 Å². The fraction of sp³-hybridized carbons (Fsp3) is 0.389. The van der Waals surface area contributed by atoms with E-state index in [2.05, 4.69) is 20.6 Å². The van der Waals surface area contributed by atoms with Crippen LogP contribution < -0.4 is 16.4 Å². The molecule has 0 unspecified atom stereocenters. The maximum Gasteiger partial charge on any atom is 0.321 e. The normalized spacial score (nSPS) is 16.2. The number of hydrogen-bond donors (Lipinski definition) is 3. The average Bonchev–Trinajstić information content (AvgIpc) is 2.91. The number of rotatable bonds is 3. The van der Waals surface area contributed by atoms with Gasteiger partial charge >= 0.3 is 6.03 Å². The molecule has 2 aromatic rings. The summed E-state index contributed by atoms with van der Waals surface area (Å²) in [5.74, 6) is 0.0556. The first-order valence-corrected chi connectivity index (χ1v) is 9.51. The van der Waals surface area contributed by atoms with Crippen LogP contribution in [0.4, 0.5) is 9.93 Å². The van der Waals surface area contributed by atoms with Gasteiger partial charge in [0.05, 0.1) is 5.69 Å². The lowest BCUT2D eigenvalue weighted by molar-refractivity contribution is 0.240. The van der Waals surface area contributed by atoms with Crippen LogP contribution in [0.25, 0.3) is 11.3 Å². The van der Waals surface area contributed by atoms with E-state index in [0.717, 1.165) is 36.9 Å². The molecule has 3 rings (SSSR count). The van der Waals surface area contributed by atoms with Gasteiger partial charge in [0.25, 0.3) is 0 Å². The van der Waals surface area contributed by atoms with Gasteiger partial charge < -0.3 is 11.1 Å². The van der Waals surface area contributed by atoms with E-state index in [4.69, 9.17) is 5.73 Å². The zero-order valence-electron chi connectivity index (χ0n) is 14.1. The number of aliphatic imine (C=N–C) groups is 1.